The van der Waals surface area contributed by atoms with Crippen molar-refractivity contribution in [3.8, 4) is 0 Å². The third-order valence-electron chi connectivity index (χ3n) is 2.98. The van der Waals surface area contributed by atoms with Gasteiger partial charge in [-0.1, -0.05) is 41.4 Å². The lowest BCUT2D eigenvalue weighted by atomic mass is 10.1. The van der Waals surface area contributed by atoms with Crippen LogP contribution in [0.25, 0.3) is 0 Å². The second-order valence-electron chi connectivity index (χ2n) is 4.56. The van der Waals surface area contributed by atoms with Crippen LogP contribution in [0.3, 0.4) is 0 Å². The Balaban J connectivity index is 2.04. The highest BCUT2D eigenvalue weighted by Crippen LogP contribution is 2.26. The van der Waals surface area contributed by atoms with Gasteiger partial charge in [0, 0.05) is 17.7 Å². The summed E-state index contributed by atoms with van der Waals surface area (Å²) in [5, 5.41) is 13.7. The summed E-state index contributed by atoms with van der Waals surface area (Å²) < 4.78 is 0. The summed E-state index contributed by atoms with van der Waals surface area (Å²) in [5.74, 6) is -0.0792. The number of nitro groups is 1. The van der Waals surface area contributed by atoms with Crippen LogP contribution in [0.5, 0.6) is 0 Å². The number of carbonyl (C=O) groups excluding carboxylic acids is 1. The van der Waals surface area contributed by atoms with Crippen molar-refractivity contribution >= 4 is 28.8 Å². The van der Waals surface area contributed by atoms with E-state index in [9.17, 15) is 14.9 Å². The van der Waals surface area contributed by atoms with Crippen molar-refractivity contribution in [1.29, 1.82) is 0 Å². The van der Waals surface area contributed by atoms with Gasteiger partial charge in [0.15, 0.2) is 5.78 Å². The summed E-state index contributed by atoms with van der Waals surface area (Å²) in [6.45, 7) is 2.02. The molecular formula is C15H13ClN2O3. The lowest BCUT2D eigenvalue weighted by molar-refractivity contribution is -0.384. The molecule has 0 atom stereocenters. The molecule has 0 aliphatic rings. The fourth-order valence-electron chi connectivity index (χ4n) is 1.78. The van der Waals surface area contributed by atoms with E-state index in [-0.39, 0.29) is 23.0 Å². The van der Waals surface area contributed by atoms with Gasteiger partial charge < -0.3 is 5.32 Å². The molecular weight excluding hydrogens is 292 g/mol. The van der Waals surface area contributed by atoms with Gasteiger partial charge in [-0.05, 0) is 13.0 Å². The Morgan fingerprint density at radius 3 is 2.48 bits per heavy atom. The van der Waals surface area contributed by atoms with Crippen molar-refractivity contribution in [2.45, 2.75) is 6.92 Å². The van der Waals surface area contributed by atoms with E-state index in [0.717, 1.165) is 5.56 Å². The van der Waals surface area contributed by atoms with Crippen LogP contribution in [-0.2, 0) is 0 Å². The van der Waals surface area contributed by atoms with Crippen LogP contribution in [0, 0.1) is 17.0 Å². The summed E-state index contributed by atoms with van der Waals surface area (Å²) in [7, 11) is 0. The van der Waals surface area contributed by atoms with Gasteiger partial charge in [0.2, 0.25) is 0 Å². The van der Waals surface area contributed by atoms with Crippen molar-refractivity contribution in [3.05, 3.63) is 68.7 Å². The van der Waals surface area contributed by atoms with Gasteiger partial charge in [-0.15, -0.1) is 0 Å². The lowest BCUT2D eigenvalue weighted by Crippen LogP contribution is -2.14. The fourth-order valence-corrected chi connectivity index (χ4v) is 2.02. The SMILES string of the molecule is Cc1ccc(C(=O)CNc2ccc([N+](=O)[O-])cc2Cl)cc1. The highest BCUT2D eigenvalue weighted by atomic mass is 35.5. The van der Waals surface area contributed by atoms with E-state index in [2.05, 4.69) is 5.32 Å². The zero-order valence-electron chi connectivity index (χ0n) is 11.3. The van der Waals surface area contributed by atoms with E-state index in [0.29, 0.717) is 11.3 Å². The molecule has 0 heterocycles. The van der Waals surface area contributed by atoms with Gasteiger partial charge >= 0.3 is 0 Å². The number of nitrogens with one attached hydrogen (secondary N) is 1. The number of ketones is 1. The van der Waals surface area contributed by atoms with E-state index >= 15 is 0 Å². The Kier molecular flexibility index (Phi) is 4.55. The smallest absolute Gasteiger partial charge is 0.271 e. The number of aryl methyl sites for hydroxylation is 1. The number of anilines is 1. The van der Waals surface area contributed by atoms with Crippen LogP contribution in [0.1, 0.15) is 15.9 Å². The number of benzene rings is 2. The molecule has 0 saturated heterocycles. The number of nitro benzene ring substituents is 1. The number of rotatable bonds is 5. The summed E-state index contributed by atoms with van der Waals surface area (Å²) in [5.41, 5.74) is 2.09. The summed E-state index contributed by atoms with van der Waals surface area (Å²) in [6, 6.07) is 11.3. The van der Waals surface area contributed by atoms with Crippen molar-refractivity contribution < 1.29 is 9.72 Å². The standard InChI is InChI=1S/C15H13ClN2O3/c1-10-2-4-11(5-3-10)15(19)9-17-14-7-6-12(18(20)21)8-13(14)16/h2-8,17H,9H2,1H3. The number of carbonyl (C=O) groups is 1. The molecule has 1 N–H and O–H groups in total. The van der Waals surface area contributed by atoms with Crippen molar-refractivity contribution in [2.75, 3.05) is 11.9 Å². The number of hydrogen-bond acceptors (Lipinski definition) is 4. The molecule has 0 radical (unpaired) electrons. The normalized spacial score (nSPS) is 10.2. The van der Waals surface area contributed by atoms with Crippen molar-refractivity contribution in [1.82, 2.24) is 0 Å². The highest BCUT2D eigenvalue weighted by molar-refractivity contribution is 6.33. The predicted molar refractivity (Wildman–Crippen MR) is 82.1 cm³/mol. The van der Waals surface area contributed by atoms with Gasteiger partial charge in [0.25, 0.3) is 5.69 Å². The third-order valence-corrected chi connectivity index (χ3v) is 3.29. The number of nitrogens with zero attached hydrogens (tertiary/aromatic N) is 1. The van der Waals surface area contributed by atoms with Gasteiger partial charge in [0.05, 0.1) is 22.2 Å². The van der Waals surface area contributed by atoms with Gasteiger partial charge in [-0.25, -0.2) is 0 Å². The molecule has 108 valence electrons. The Morgan fingerprint density at radius 1 is 1.24 bits per heavy atom. The second-order valence-corrected chi connectivity index (χ2v) is 4.97. The summed E-state index contributed by atoms with van der Waals surface area (Å²) >= 11 is 5.95. The summed E-state index contributed by atoms with van der Waals surface area (Å²) in [4.78, 5) is 22.1. The zero-order valence-corrected chi connectivity index (χ0v) is 12.1. The Hall–Kier alpha value is -2.40. The molecule has 21 heavy (non-hydrogen) atoms. The van der Waals surface area contributed by atoms with Crippen molar-refractivity contribution in [3.63, 3.8) is 0 Å². The molecule has 2 rings (SSSR count). The van der Waals surface area contributed by atoms with E-state index in [1.165, 1.54) is 18.2 Å². The molecule has 0 amide bonds. The minimum atomic E-state index is -0.521. The largest absolute Gasteiger partial charge is 0.376 e. The van der Waals surface area contributed by atoms with Crippen LogP contribution in [0.2, 0.25) is 5.02 Å². The maximum absolute atomic E-state index is 12.0. The number of hydrogen-bond donors (Lipinski definition) is 1. The first-order valence-electron chi connectivity index (χ1n) is 6.25. The molecule has 0 unspecified atom stereocenters. The van der Waals surface area contributed by atoms with E-state index < -0.39 is 4.92 Å². The monoisotopic (exact) mass is 304 g/mol. The minimum absolute atomic E-state index is 0.0700. The first kappa shape index (κ1) is 15.0. The van der Waals surface area contributed by atoms with Crippen LogP contribution < -0.4 is 5.32 Å². The first-order valence-corrected chi connectivity index (χ1v) is 6.63. The molecule has 2 aromatic carbocycles. The second kappa shape index (κ2) is 6.37. The van der Waals surface area contributed by atoms with Gasteiger partial charge in [-0.3, -0.25) is 14.9 Å². The molecule has 2 aromatic rings. The molecule has 0 fully saturated rings. The zero-order chi connectivity index (χ0) is 15.4. The number of non-ortho nitro benzene ring substituents is 1. The van der Waals surface area contributed by atoms with E-state index in [1.54, 1.807) is 12.1 Å². The predicted octanol–water partition coefficient (Wildman–Crippen LogP) is 3.85. The first-order chi connectivity index (χ1) is 9.97. The topological polar surface area (TPSA) is 72.2 Å². The maximum atomic E-state index is 12.0. The Bertz CT molecular complexity index is 684. The average molecular weight is 305 g/mol. The minimum Gasteiger partial charge on any atom is -0.376 e. The molecule has 0 aliphatic heterocycles. The number of Topliss-reactive ketones (excluding diaryl/α,β-unsaturated/α-hetero) is 1. The van der Waals surface area contributed by atoms with Crippen LogP contribution >= 0.6 is 11.6 Å². The molecule has 0 saturated carbocycles. The molecule has 0 spiro atoms. The van der Waals surface area contributed by atoms with Gasteiger partial charge in [-0.2, -0.15) is 0 Å². The third kappa shape index (κ3) is 3.79. The average Bonchev–Trinajstić information content (AvgIpc) is 2.46. The molecule has 6 heteroatoms. The molecule has 5 nitrogen and oxygen atoms in total. The molecule has 0 aromatic heterocycles. The van der Waals surface area contributed by atoms with Gasteiger partial charge in [0.1, 0.15) is 0 Å². The van der Waals surface area contributed by atoms with Crippen LogP contribution in [0.4, 0.5) is 11.4 Å². The van der Waals surface area contributed by atoms with Crippen molar-refractivity contribution in [2.24, 2.45) is 0 Å². The summed E-state index contributed by atoms with van der Waals surface area (Å²) in [6.07, 6.45) is 0. The fraction of sp³-hybridized carbons (Fsp3) is 0.133. The van der Waals surface area contributed by atoms with E-state index in [1.807, 2.05) is 19.1 Å². The Labute approximate surface area is 126 Å². The Morgan fingerprint density at radius 2 is 1.90 bits per heavy atom. The quantitative estimate of drug-likeness (QED) is 0.517. The van der Waals surface area contributed by atoms with Crippen LogP contribution in [0.15, 0.2) is 42.5 Å². The lowest BCUT2D eigenvalue weighted by Gasteiger charge is -2.08. The maximum Gasteiger partial charge on any atom is 0.271 e. The highest BCUT2D eigenvalue weighted by Gasteiger charge is 2.11. The molecule has 0 bridgehead atoms. The van der Waals surface area contributed by atoms with E-state index in [4.69, 9.17) is 11.6 Å². The number of halogens is 1. The van der Waals surface area contributed by atoms with Crippen LogP contribution in [-0.4, -0.2) is 17.3 Å². The molecule has 0 aliphatic carbocycles.